The number of hydrogen-bond acceptors (Lipinski definition) is 3. The Morgan fingerprint density at radius 1 is 1.50 bits per heavy atom. The molecule has 96 valence electrons. The van der Waals surface area contributed by atoms with Gasteiger partial charge in [-0.2, -0.15) is 0 Å². The van der Waals surface area contributed by atoms with E-state index in [1.165, 1.54) is 0 Å². The summed E-state index contributed by atoms with van der Waals surface area (Å²) in [7, 11) is 1.87. The van der Waals surface area contributed by atoms with Crippen molar-refractivity contribution in [2.75, 3.05) is 20.2 Å². The molecule has 1 aromatic carbocycles. The zero-order chi connectivity index (χ0) is 13.4. The number of ether oxygens (including phenoxy) is 1. The van der Waals surface area contributed by atoms with Crippen molar-refractivity contribution < 1.29 is 9.53 Å². The van der Waals surface area contributed by atoms with Gasteiger partial charge in [0.25, 0.3) is 5.91 Å². The van der Waals surface area contributed by atoms with E-state index in [0.29, 0.717) is 6.54 Å². The average molecular weight is 246 g/mol. The van der Waals surface area contributed by atoms with Crippen molar-refractivity contribution in [2.45, 2.75) is 13.5 Å². The lowest BCUT2D eigenvalue weighted by atomic mass is 10.1. The molecule has 4 heteroatoms. The summed E-state index contributed by atoms with van der Waals surface area (Å²) in [6, 6.07) is 5.89. The van der Waals surface area contributed by atoms with E-state index < -0.39 is 0 Å². The molecular formula is C14H18N2O2. The average Bonchev–Trinajstić information content (AvgIpc) is 2.36. The Hall–Kier alpha value is -1.99. The third kappa shape index (κ3) is 4.11. The second-order valence-electron chi connectivity index (χ2n) is 3.86. The first-order valence-corrected chi connectivity index (χ1v) is 5.75. The smallest absolute Gasteiger partial charge is 0.258 e. The first kappa shape index (κ1) is 14.1. The summed E-state index contributed by atoms with van der Waals surface area (Å²) in [6.45, 7) is 2.85. The molecule has 0 saturated heterocycles. The summed E-state index contributed by atoms with van der Waals surface area (Å²) in [5.41, 5.74) is 2.04. The molecule has 18 heavy (non-hydrogen) atoms. The SMILES string of the molecule is C#CCNC(=O)COc1c(C)cccc1CNC. The van der Waals surface area contributed by atoms with Gasteiger partial charge in [-0.1, -0.05) is 24.1 Å². The van der Waals surface area contributed by atoms with E-state index in [-0.39, 0.29) is 19.1 Å². The molecule has 0 spiro atoms. The molecule has 0 bridgehead atoms. The maximum atomic E-state index is 11.4. The van der Waals surface area contributed by atoms with Crippen LogP contribution in [0.25, 0.3) is 0 Å². The Labute approximate surface area is 108 Å². The van der Waals surface area contributed by atoms with Gasteiger partial charge in [0.1, 0.15) is 5.75 Å². The van der Waals surface area contributed by atoms with Crippen LogP contribution in [0.3, 0.4) is 0 Å². The number of terminal acetylenes is 1. The van der Waals surface area contributed by atoms with Crippen LogP contribution in [0, 0.1) is 19.3 Å². The molecule has 0 heterocycles. The van der Waals surface area contributed by atoms with Gasteiger partial charge in [-0.25, -0.2) is 0 Å². The number of hydrogen-bond donors (Lipinski definition) is 2. The highest BCUT2D eigenvalue weighted by Gasteiger charge is 2.08. The molecule has 0 atom stereocenters. The Morgan fingerprint density at radius 2 is 2.28 bits per heavy atom. The van der Waals surface area contributed by atoms with Crippen LogP contribution >= 0.6 is 0 Å². The largest absolute Gasteiger partial charge is 0.483 e. The molecule has 1 amide bonds. The second-order valence-corrected chi connectivity index (χ2v) is 3.86. The lowest BCUT2D eigenvalue weighted by Crippen LogP contribution is -2.29. The van der Waals surface area contributed by atoms with Crippen LogP contribution < -0.4 is 15.4 Å². The number of para-hydroxylation sites is 1. The van der Waals surface area contributed by atoms with Crippen molar-refractivity contribution >= 4 is 5.91 Å². The Kier molecular flexibility index (Phi) is 5.75. The van der Waals surface area contributed by atoms with Crippen molar-refractivity contribution in [2.24, 2.45) is 0 Å². The number of amides is 1. The predicted octanol–water partition coefficient (Wildman–Crippen LogP) is 0.843. The highest BCUT2D eigenvalue weighted by atomic mass is 16.5. The fraction of sp³-hybridized carbons (Fsp3) is 0.357. The minimum atomic E-state index is -0.216. The molecule has 2 N–H and O–H groups in total. The molecule has 1 aromatic rings. The molecule has 0 fully saturated rings. The highest BCUT2D eigenvalue weighted by Crippen LogP contribution is 2.23. The van der Waals surface area contributed by atoms with Crippen molar-refractivity contribution in [1.82, 2.24) is 10.6 Å². The van der Waals surface area contributed by atoms with E-state index in [0.717, 1.165) is 16.9 Å². The van der Waals surface area contributed by atoms with Gasteiger partial charge in [-0.3, -0.25) is 4.79 Å². The van der Waals surface area contributed by atoms with Crippen molar-refractivity contribution in [3.63, 3.8) is 0 Å². The van der Waals surface area contributed by atoms with E-state index in [4.69, 9.17) is 11.2 Å². The monoisotopic (exact) mass is 246 g/mol. The normalized spacial score (nSPS) is 9.61. The molecule has 0 aliphatic carbocycles. The molecular weight excluding hydrogens is 228 g/mol. The number of carbonyl (C=O) groups is 1. The molecule has 0 aliphatic heterocycles. The summed E-state index contributed by atoms with van der Waals surface area (Å²) < 4.78 is 5.56. The maximum absolute atomic E-state index is 11.4. The number of rotatable bonds is 6. The summed E-state index contributed by atoms with van der Waals surface area (Å²) in [6.07, 6.45) is 5.06. The lowest BCUT2D eigenvalue weighted by Gasteiger charge is -2.13. The fourth-order valence-electron chi connectivity index (χ4n) is 1.59. The van der Waals surface area contributed by atoms with Crippen LogP contribution in [0.4, 0.5) is 0 Å². The maximum Gasteiger partial charge on any atom is 0.258 e. The van der Waals surface area contributed by atoms with Crippen LogP contribution in [-0.2, 0) is 11.3 Å². The Morgan fingerprint density at radius 3 is 2.94 bits per heavy atom. The molecule has 1 rings (SSSR count). The third-order valence-corrected chi connectivity index (χ3v) is 2.40. The number of carbonyl (C=O) groups excluding carboxylic acids is 1. The summed E-state index contributed by atoms with van der Waals surface area (Å²) in [5, 5.41) is 5.62. The minimum Gasteiger partial charge on any atom is -0.483 e. The van der Waals surface area contributed by atoms with Gasteiger partial charge < -0.3 is 15.4 Å². The van der Waals surface area contributed by atoms with Crippen molar-refractivity contribution in [3.8, 4) is 18.1 Å². The zero-order valence-corrected chi connectivity index (χ0v) is 10.7. The number of benzene rings is 1. The summed E-state index contributed by atoms with van der Waals surface area (Å²) in [5.74, 6) is 2.88. The van der Waals surface area contributed by atoms with Crippen molar-refractivity contribution in [1.29, 1.82) is 0 Å². The molecule has 4 nitrogen and oxygen atoms in total. The van der Waals surface area contributed by atoms with Crippen LogP contribution in [0.2, 0.25) is 0 Å². The molecule has 0 unspecified atom stereocenters. The summed E-state index contributed by atoms with van der Waals surface area (Å²) >= 11 is 0. The van der Waals surface area contributed by atoms with Gasteiger partial charge in [-0.15, -0.1) is 6.42 Å². The van der Waals surface area contributed by atoms with Crippen LogP contribution in [0.15, 0.2) is 18.2 Å². The zero-order valence-electron chi connectivity index (χ0n) is 10.7. The van der Waals surface area contributed by atoms with Crippen LogP contribution in [0.5, 0.6) is 5.75 Å². The van der Waals surface area contributed by atoms with Gasteiger partial charge in [0.15, 0.2) is 6.61 Å². The number of aryl methyl sites for hydroxylation is 1. The Balaban J connectivity index is 2.66. The van der Waals surface area contributed by atoms with Crippen LogP contribution in [0.1, 0.15) is 11.1 Å². The Bertz CT molecular complexity index is 450. The second kappa shape index (κ2) is 7.36. The van der Waals surface area contributed by atoms with E-state index in [1.54, 1.807) is 0 Å². The van der Waals surface area contributed by atoms with Gasteiger partial charge in [-0.05, 0) is 19.5 Å². The van der Waals surface area contributed by atoms with Gasteiger partial charge >= 0.3 is 0 Å². The molecule has 0 saturated carbocycles. The molecule has 0 aliphatic rings. The lowest BCUT2D eigenvalue weighted by molar-refractivity contribution is -0.122. The minimum absolute atomic E-state index is 0.0246. The predicted molar refractivity (Wildman–Crippen MR) is 71.3 cm³/mol. The molecule has 0 aromatic heterocycles. The van der Waals surface area contributed by atoms with Gasteiger partial charge in [0.2, 0.25) is 0 Å². The quantitative estimate of drug-likeness (QED) is 0.731. The first-order chi connectivity index (χ1) is 8.69. The van der Waals surface area contributed by atoms with E-state index in [2.05, 4.69) is 16.6 Å². The van der Waals surface area contributed by atoms with Gasteiger partial charge in [0, 0.05) is 12.1 Å². The number of nitrogens with one attached hydrogen (secondary N) is 2. The van der Waals surface area contributed by atoms with E-state index in [1.807, 2.05) is 32.2 Å². The molecule has 0 radical (unpaired) electrons. The fourth-order valence-corrected chi connectivity index (χ4v) is 1.59. The van der Waals surface area contributed by atoms with E-state index >= 15 is 0 Å². The standard InChI is InChI=1S/C14H18N2O2/c1-4-8-16-13(17)10-18-14-11(2)6-5-7-12(14)9-15-3/h1,5-7,15H,8-10H2,2-3H3,(H,16,17). The topological polar surface area (TPSA) is 50.4 Å². The van der Waals surface area contributed by atoms with Crippen LogP contribution in [-0.4, -0.2) is 26.1 Å². The van der Waals surface area contributed by atoms with Gasteiger partial charge in [0.05, 0.1) is 6.54 Å². The summed E-state index contributed by atoms with van der Waals surface area (Å²) in [4.78, 5) is 11.4. The van der Waals surface area contributed by atoms with Crippen molar-refractivity contribution in [3.05, 3.63) is 29.3 Å². The third-order valence-electron chi connectivity index (χ3n) is 2.40. The van der Waals surface area contributed by atoms with E-state index in [9.17, 15) is 4.79 Å². The highest BCUT2D eigenvalue weighted by molar-refractivity contribution is 5.77. The first-order valence-electron chi connectivity index (χ1n) is 5.75.